The first kappa shape index (κ1) is 15.3. The van der Waals surface area contributed by atoms with Crippen LogP contribution >= 0.6 is 0 Å². The normalized spacial score (nSPS) is 16.0. The van der Waals surface area contributed by atoms with Crippen LogP contribution in [-0.2, 0) is 11.2 Å². The molecule has 0 atom stereocenters. The van der Waals surface area contributed by atoms with Crippen molar-refractivity contribution in [2.45, 2.75) is 19.3 Å². The number of nitroso groups, excluding NO2 is 1. The molecule has 0 amide bonds. The number of aryl methyl sites for hydroxylation is 1. The van der Waals surface area contributed by atoms with E-state index in [9.17, 15) is 4.91 Å². The molecule has 0 saturated carbocycles. The van der Waals surface area contributed by atoms with E-state index in [0.717, 1.165) is 25.1 Å². The molecule has 1 aromatic carbocycles. The second-order valence-electron chi connectivity index (χ2n) is 4.95. The predicted octanol–water partition coefficient (Wildman–Crippen LogP) is 3.27. The average Bonchev–Trinajstić information content (AvgIpc) is 2.85. The number of ether oxygens (including phenoxy) is 1. The van der Waals surface area contributed by atoms with Crippen LogP contribution in [0.5, 0.6) is 0 Å². The highest BCUT2D eigenvalue weighted by atomic mass is 16.5. The van der Waals surface area contributed by atoms with Crippen LogP contribution in [0.15, 0.2) is 59.9 Å². The van der Waals surface area contributed by atoms with Crippen molar-refractivity contribution in [2.75, 3.05) is 20.4 Å². The van der Waals surface area contributed by atoms with Crippen molar-refractivity contribution in [2.24, 2.45) is 5.18 Å². The molecule has 112 valence electrons. The summed E-state index contributed by atoms with van der Waals surface area (Å²) in [6.07, 6.45) is 8.25. The highest BCUT2D eigenvalue weighted by Crippen LogP contribution is 2.17. The first-order valence-electron chi connectivity index (χ1n) is 7.13. The fraction of sp³-hybridized carbons (Fsp3) is 0.375. The highest BCUT2D eigenvalue weighted by molar-refractivity contribution is 5.14. The second kappa shape index (κ2) is 8.21. The van der Waals surface area contributed by atoms with E-state index in [0.29, 0.717) is 13.3 Å². The lowest BCUT2D eigenvalue weighted by Crippen LogP contribution is -2.23. The van der Waals surface area contributed by atoms with Gasteiger partial charge in [0, 0.05) is 26.1 Å². The van der Waals surface area contributed by atoms with Crippen LogP contribution < -0.4 is 0 Å². The second-order valence-corrected chi connectivity index (χ2v) is 4.95. The number of benzene rings is 1. The lowest BCUT2D eigenvalue weighted by Gasteiger charge is -2.20. The summed E-state index contributed by atoms with van der Waals surface area (Å²) in [6, 6.07) is 10.5. The largest absolute Gasteiger partial charge is 0.361 e. The molecule has 0 spiro atoms. The van der Waals surface area contributed by atoms with Gasteiger partial charge >= 0.3 is 0 Å². The van der Waals surface area contributed by atoms with Crippen LogP contribution in [0.3, 0.4) is 0 Å². The van der Waals surface area contributed by atoms with Crippen molar-refractivity contribution in [3.05, 3.63) is 65.2 Å². The third-order valence-corrected chi connectivity index (χ3v) is 3.37. The first-order chi connectivity index (χ1) is 10.3. The molecule has 0 aromatic heterocycles. The van der Waals surface area contributed by atoms with Crippen molar-refractivity contribution in [1.82, 2.24) is 9.80 Å². The van der Waals surface area contributed by atoms with Gasteiger partial charge in [-0.05, 0) is 30.0 Å². The first-order valence-corrected chi connectivity index (χ1v) is 7.13. The molecular weight excluding hydrogens is 266 g/mol. The minimum atomic E-state index is 0.438. The molecular formula is C16H21N3O2. The summed E-state index contributed by atoms with van der Waals surface area (Å²) in [5, 5.41) is 2.82. The van der Waals surface area contributed by atoms with Crippen LogP contribution in [0.2, 0.25) is 0 Å². The monoisotopic (exact) mass is 287 g/mol. The molecule has 1 aromatic rings. The van der Waals surface area contributed by atoms with Gasteiger partial charge in [0.25, 0.3) is 0 Å². The topological polar surface area (TPSA) is 45.1 Å². The molecule has 2 rings (SSSR count). The van der Waals surface area contributed by atoms with Crippen molar-refractivity contribution >= 4 is 0 Å². The van der Waals surface area contributed by atoms with Gasteiger partial charge < -0.3 is 14.5 Å². The van der Waals surface area contributed by atoms with E-state index in [1.807, 2.05) is 35.3 Å². The molecule has 0 aliphatic carbocycles. The minimum absolute atomic E-state index is 0.438. The molecule has 0 unspecified atom stereocenters. The molecule has 1 aliphatic rings. The van der Waals surface area contributed by atoms with Crippen LogP contribution in [0.1, 0.15) is 18.4 Å². The lowest BCUT2D eigenvalue weighted by atomic mass is 10.1. The Morgan fingerprint density at radius 3 is 2.76 bits per heavy atom. The van der Waals surface area contributed by atoms with Gasteiger partial charge in [0.2, 0.25) is 0 Å². The zero-order valence-electron chi connectivity index (χ0n) is 12.3. The van der Waals surface area contributed by atoms with Gasteiger partial charge in [-0.25, -0.2) is 0 Å². The molecule has 5 heteroatoms. The Morgan fingerprint density at radius 2 is 2.00 bits per heavy atom. The van der Waals surface area contributed by atoms with Gasteiger partial charge in [0.05, 0.1) is 0 Å². The zero-order valence-corrected chi connectivity index (χ0v) is 12.3. The minimum Gasteiger partial charge on any atom is -0.361 e. The van der Waals surface area contributed by atoms with Crippen LogP contribution in [-0.4, -0.2) is 30.2 Å². The van der Waals surface area contributed by atoms with Crippen LogP contribution in [0, 0.1) is 4.91 Å². The molecule has 0 bridgehead atoms. The quantitative estimate of drug-likeness (QED) is 0.544. The van der Waals surface area contributed by atoms with Crippen molar-refractivity contribution in [3.63, 3.8) is 0 Å². The summed E-state index contributed by atoms with van der Waals surface area (Å²) in [5.41, 5.74) is 1.36. The molecule has 0 radical (unpaired) electrons. The standard InChI is InChI=1S/C16H21N3O2/c1-18-10-11-19(16(18)13-17-20)14-21-12-6-5-9-15-7-3-2-4-8-15/h2-4,7-8,10-11,13H,5-6,9,12,14H2,1H3/b16-13-. The van der Waals surface area contributed by atoms with Gasteiger partial charge in [0.15, 0.2) is 0 Å². The summed E-state index contributed by atoms with van der Waals surface area (Å²) in [6.45, 7) is 1.15. The number of rotatable bonds is 8. The van der Waals surface area contributed by atoms with E-state index >= 15 is 0 Å². The Labute approximate surface area is 125 Å². The van der Waals surface area contributed by atoms with Gasteiger partial charge in [-0.15, -0.1) is 4.91 Å². The Bertz CT molecular complexity index is 500. The van der Waals surface area contributed by atoms with E-state index in [2.05, 4.69) is 29.4 Å². The van der Waals surface area contributed by atoms with Crippen LogP contribution in [0.4, 0.5) is 0 Å². The lowest BCUT2D eigenvalue weighted by molar-refractivity contribution is 0.0632. The van der Waals surface area contributed by atoms with Crippen molar-refractivity contribution in [3.8, 4) is 0 Å². The van der Waals surface area contributed by atoms with Gasteiger partial charge in [-0.1, -0.05) is 30.3 Å². The third-order valence-electron chi connectivity index (χ3n) is 3.37. The summed E-state index contributed by atoms with van der Waals surface area (Å²) in [4.78, 5) is 14.0. The smallest absolute Gasteiger partial charge is 0.136 e. The maximum atomic E-state index is 10.4. The Morgan fingerprint density at radius 1 is 1.19 bits per heavy atom. The average molecular weight is 287 g/mol. The van der Waals surface area contributed by atoms with E-state index < -0.39 is 0 Å². The van der Waals surface area contributed by atoms with Gasteiger partial charge in [-0.2, -0.15) is 0 Å². The fourth-order valence-electron chi connectivity index (χ4n) is 2.20. The van der Waals surface area contributed by atoms with E-state index in [1.165, 1.54) is 11.8 Å². The Hall–Kier alpha value is -2.14. The zero-order chi connectivity index (χ0) is 14.9. The molecule has 1 aliphatic heterocycles. The number of hydrogen-bond acceptors (Lipinski definition) is 5. The Balaban J connectivity index is 1.61. The number of hydrogen-bond donors (Lipinski definition) is 0. The molecule has 21 heavy (non-hydrogen) atoms. The highest BCUT2D eigenvalue weighted by Gasteiger charge is 2.16. The van der Waals surface area contributed by atoms with Crippen molar-refractivity contribution < 1.29 is 4.74 Å². The maximum Gasteiger partial charge on any atom is 0.136 e. The summed E-state index contributed by atoms with van der Waals surface area (Å²) < 4.78 is 5.64. The maximum absolute atomic E-state index is 10.4. The van der Waals surface area contributed by atoms with Gasteiger partial charge in [0.1, 0.15) is 18.8 Å². The number of nitrogens with zero attached hydrogens (tertiary/aromatic N) is 3. The van der Waals surface area contributed by atoms with Gasteiger partial charge in [-0.3, -0.25) is 0 Å². The molecule has 0 N–H and O–H groups in total. The fourth-order valence-corrected chi connectivity index (χ4v) is 2.20. The molecule has 5 nitrogen and oxygen atoms in total. The summed E-state index contributed by atoms with van der Waals surface area (Å²) >= 11 is 0. The van der Waals surface area contributed by atoms with Crippen LogP contribution in [0.25, 0.3) is 0 Å². The number of unbranched alkanes of at least 4 members (excludes halogenated alkanes) is 1. The predicted molar refractivity (Wildman–Crippen MR) is 82.8 cm³/mol. The third kappa shape index (κ3) is 4.72. The van der Waals surface area contributed by atoms with E-state index in [1.54, 1.807) is 0 Å². The molecule has 0 saturated heterocycles. The van der Waals surface area contributed by atoms with E-state index in [4.69, 9.17) is 4.74 Å². The summed E-state index contributed by atoms with van der Waals surface area (Å²) in [5.74, 6) is 0.731. The summed E-state index contributed by atoms with van der Waals surface area (Å²) in [7, 11) is 1.87. The Kier molecular flexibility index (Phi) is 5.97. The molecule has 1 heterocycles. The molecule has 0 fully saturated rings. The van der Waals surface area contributed by atoms with Crippen molar-refractivity contribution in [1.29, 1.82) is 0 Å². The van der Waals surface area contributed by atoms with E-state index in [-0.39, 0.29) is 0 Å². The SMILES string of the molecule is CN1C=CN(COCCCCc2ccccc2)/C1=C\N=O.